The maximum absolute atomic E-state index is 13.6. The second kappa shape index (κ2) is 29.9. The summed E-state index contributed by atoms with van der Waals surface area (Å²) in [6.07, 6.45) is -2.77. The summed E-state index contributed by atoms with van der Waals surface area (Å²) in [7, 11) is 0. The molecule has 0 bridgehead atoms. The number of alkyl halides is 3. The molecule has 0 amide bonds. The number of amidine groups is 4. The lowest BCUT2D eigenvalue weighted by Gasteiger charge is -2.27. The van der Waals surface area contributed by atoms with Crippen molar-refractivity contribution in [2.45, 2.75) is 42.0 Å². The smallest absolute Gasteiger partial charge is 0.378 e. The van der Waals surface area contributed by atoms with Crippen molar-refractivity contribution >= 4 is 150 Å². The van der Waals surface area contributed by atoms with Gasteiger partial charge in [-0.25, -0.2) is 20.0 Å². The number of nitrogens with one attached hydrogen (secondary N) is 2. The summed E-state index contributed by atoms with van der Waals surface area (Å²) in [5.74, 6) is 2.32. The van der Waals surface area contributed by atoms with Crippen LogP contribution in [0.25, 0.3) is 0 Å². The highest BCUT2D eigenvalue weighted by Crippen LogP contribution is 2.34. The third-order valence-corrected chi connectivity index (χ3v) is 17.3. The molecule has 2 aliphatic rings. The first-order chi connectivity index (χ1) is 36.1. The van der Waals surface area contributed by atoms with Gasteiger partial charge in [-0.1, -0.05) is 167 Å². The normalized spacial score (nSPS) is 14.6. The number of hydrogen-bond acceptors (Lipinski definition) is 12. The van der Waals surface area contributed by atoms with Crippen molar-refractivity contribution in [2.24, 2.45) is 31.4 Å². The van der Waals surface area contributed by atoms with E-state index >= 15 is 0 Å². The molecule has 2 aliphatic heterocycles. The first-order valence-electron chi connectivity index (χ1n) is 23.3. The van der Waals surface area contributed by atoms with Crippen LogP contribution in [0.15, 0.2) is 167 Å². The molecule has 22 heteroatoms. The van der Waals surface area contributed by atoms with Gasteiger partial charge >= 0.3 is 6.18 Å². The Kier molecular flexibility index (Phi) is 23.5. The van der Waals surface area contributed by atoms with Gasteiger partial charge in [0.25, 0.3) is 0 Å². The lowest BCUT2D eigenvalue weighted by atomic mass is 10.1. The van der Waals surface area contributed by atoms with Gasteiger partial charge in [0.2, 0.25) is 0 Å². The Balaban J connectivity index is 0.000000233. The van der Waals surface area contributed by atoms with E-state index in [1.165, 1.54) is 64.2 Å². The highest BCUT2D eigenvalue weighted by Gasteiger charge is 2.31. The molecule has 0 aliphatic carbocycles. The number of benzene rings is 6. The molecule has 0 spiro atoms. The molecule has 6 aromatic rings. The number of nitrogens with zero attached hydrogens (tertiary/aromatic N) is 6. The topological polar surface area (TPSA) is 132 Å². The predicted molar refractivity (Wildman–Crippen MR) is 326 cm³/mol. The minimum Gasteiger partial charge on any atom is -0.378 e. The van der Waals surface area contributed by atoms with Crippen LogP contribution in [0.2, 0.25) is 10.0 Å². The lowest BCUT2D eigenvalue weighted by Crippen LogP contribution is -2.42. The summed E-state index contributed by atoms with van der Waals surface area (Å²) in [5, 5.41) is 10.7. The van der Waals surface area contributed by atoms with Crippen LogP contribution in [0.4, 0.5) is 24.5 Å². The predicted octanol–water partition coefficient (Wildman–Crippen LogP) is 15.0. The molecule has 0 radical (unpaired) electrons. The molecular weight excluding hydrogens is 1270 g/mol. The van der Waals surface area contributed by atoms with E-state index in [9.17, 15) is 13.2 Å². The van der Waals surface area contributed by atoms with Gasteiger partial charge in [-0.05, 0) is 131 Å². The number of nitrogens with two attached hydrogens (primary N) is 2. The first-order valence-corrected chi connectivity index (χ1v) is 30.4. The summed E-state index contributed by atoms with van der Waals surface area (Å²) in [4.78, 5) is 22.6. The van der Waals surface area contributed by atoms with Crippen LogP contribution in [-0.2, 0) is 42.0 Å². The van der Waals surface area contributed by atoms with E-state index in [1.807, 2.05) is 103 Å². The molecule has 0 atom stereocenters. The van der Waals surface area contributed by atoms with Crippen LogP contribution in [0, 0.1) is 0 Å². The number of aliphatic imine (C=N–C) groups is 4. The fourth-order valence-corrected chi connectivity index (χ4v) is 11.9. The fourth-order valence-electron chi connectivity index (χ4n) is 7.24. The Morgan fingerprint density at radius 3 is 1.44 bits per heavy atom. The average molecular weight is 1320 g/mol. The van der Waals surface area contributed by atoms with Gasteiger partial charge in [0, 0.05) is 59.6 Å². The molecular formula is C53H52Br3Cl2F3N10S4. The highest BCUT2D eigenvalue weighted by molar-refractivity contribution is 9.11. The minimum atomic E-state index is -4.41. The zero-order valence-electron chi connectivity index (χ0n) is 40.2. The molecule has 10 nitrogen and oxygen atoms in total. The molecule has 2 heterocycles. The summed E-state index contributed by atoms with van der Waals surface area (Å²) < 4.78 is 43.7. The number of hydrogen-bond donors (Lipinski definition) is 4. The molecule has 75 heavy (non-hydrogen) atoms. The summed E-state index contributed by atoms with van der Waals surface area (Å²) >= 11 is 28.9. The molecule has 0 unspecified atom stereocenters. The van der Waals surface area contributed by atoms with Gasteiger partial charge in [-0.2, -0.15) is 13.2 Å². The quantitative estimate of drug-likeness (QED) is 0.0549. The Labute approximate surface area is 488 Å². The zero-order chi connectivity index (χ0) is 53.2. The van der Waals surface area contributed by atoms with E-state index in [2.05, 4.69) is 100 Å². The molecule has 394 valence electrons. The van der Waals surface area contributed by atoms with E-state index in [4.69, 9.17) is 34.7 Å². The van der Waals surface area contributed by atoms with Crippen molar-refractivity contribution in [3.63, 3.8) is 0 Å². The SMILES string of the molecule is FC(F)(F)c1ccc(CSC2=NCN(CCc3ccccc3Cl)CN2)c(CSC2=NCN(CCc3ccccc3Cl)CN2)c1.NC(=Nc1ccc(Br)cc1)SCc1ccc(Br)cc1CSC(N)=Nc1ccc(Br)cc1. The Morgan fingerprint density at radius 2 is 0.973 bits per heavy atom. The molecule has 0 saturated heterocycles. The molecule has 0 fully saturated rings. The molecule has 8 rings (SSSR count). The van der Waals surface area contributed by atoms with Crippen LogP contribution in [0.3, 0.4) is 0 Å². The monoisotopic (exact) mass is 1320 g/mol. The third-order valence-electron chi connectivity index (χ3n) is 11.4. The standard InChI is InChI=1S/C31H33Cl2F3N6S2.C22H19Br3N4S2/c32-27-7-3-1-5-22(27)11-13-41-18-37-29(38-19-41)43-16-24-9-10-26(31(34,35)36)15-25(24)17-44-30-39-20-42(21-40-30)14-12-23-6-2-4-8-28(23)33;23-16-3-7-19(8-4-16)28-21(26)30-12-14-1-2-18(25)11-15(14)13-31-22(27)29-20-9-5-17(24)6-10-20/h1-10,15H,11-14,16-21H2,(H,37,38)(H,39,40);1-11H,12-13H2,(H2,26,28)(H2,27,29). The van der Waals surface area contributed by atoms with E-state index in [0.29, 0.717) is 59.8 Å². The van der Waals surface area contributed by atoms with Crippen LogP contribution < -0.4 is 22.1 Å². The highest BCUT2D eigenvalue weighted by atomic mass is 79.9. The largest absolute Gasteiger partial charge is 0.416 e. The number of rotatable bonds is 16. The van der Waals surface area contributed by atoms with E-state index in [0.717, 1.165) is 99.6 Å². The van der Waals surface area contributed by atoms with Crippen molar-refractivity contribution in [1.82, 2.24) is 20.4 Å². The van der Waals surface area contributed by atoms with Gasteiger partial charge in [-0.15, -0.1) is 0 Å². The molecule has 6 aromatic carbocycles. The number of thioether (sulfide) groups is 4. The summed E-state index contributed by atoms with van der Waals surface area (Å²) in [6.45, 7) is 3.94. The Bertz CT molecular complexity index is 2970. The van der Waals surface area contributed by atoms with Gasteiger partial charge < -0.3 is 22.1 Å². The van der Waals surface area contributed by atoms with Crippen molar-refractivity contribution < 1.29 is 13.2 Å². The van der Waals surface area contributed by atoms with Crippen LogP contribution in [0.5, 0.6) is 0 Å². The van der Waals surface area contributed by atoms with Crippen molar-refractivity contribution in [3.8, 4) is 0 Å². The summed E-state index contributed by atoms with van der Waals surface area (Å²) in [6, 6.07) is 41.3. The fraction of sp³-hybridized carbons (Fsp3) is 0.245. The van der Waals surface area contributed by atoms with E-state index in [1.54, 1.807) is 6.07 Å². The second-order valence-electron chi connectivity index (χ2n) is 16.8. The van der Waals surface area contributed by atoms with Crippen LogP contribution >= 0.6 is 118 Å². The average Bonchev–Trinajstić information content (AvgIpc) is 3.40. The first kappa shape index (κ1) is 59.0. The van der Waals surface area contributed by atoms with Gasteiger partial charge in [0.1, 0.15) is 0 Å². The van der Waals surface area contributed by atoms with Crippen molar-refractivity contribution in [1.29, 1.82) is 0 Å². The molecule has 0 saturated carbocycles. The lowest BCUT2D eigenvalue weighted by molar-refractivity contribution is -0.137. The van der Waals surface area contributed by atoms with E-state index in [-0.39, 0.29) is 0 Å². The van der Waals surface area contributed by atoms with Crippen LogP contribution in [0.1, 0.15) is 38.9 Å². The van der Waals surface area contributed by atoms with Gasteiger partial charge in [0.05, 0.1) is 43.6 Å². The van der Waals surface area contributed by atoms with Crippen molar-refractivity contribution in [2.75, 3.05) is 39.8 Å². The van der Waals surface area contributed by atoms with E-state index < -0.39 is 11.7 Å². The zero-order valence-corrected chi connectivity index (χ0v) is 49.7. The third kappa shape index (κ3) is 19.9. The maximum atomic E-state index is 13.6. The molecule has 6 N–H and O–H groups in total. The summed E-state index contributed by atoms with van der Waals surface area (Å²) in [5.41, 5.74) is 19.3. The van der Waals surface area contributed by atoms with Gasteiger partial charge in [-0.3, -0.25) is 9.80 Å². The number of halogens is 8. The molecule has 0 aromatic heterocycles. The maximum Gasteiger partial charge on any atom is 0.416 e. The Morgan fingerprint density at radius 1 is 0.547 bits per heavy atom. The minimum absolute atomic E-state index is 0.376. The Hall–Kier alpha value is -3.67. The van der Waals surface area contributed by atoms with Crippen LogP contribution in [-0.4, -0.2) is 70.2 Å². The van der Waals surface area contributed by atoms with Gasteiger partial charge in [0.15, 0.2) is 20.7 Å². The van der Waals surface area contributed by atoms with Crippen molar-refractivity contribution in [3.05, 3.63) is 196 Å². The second-order valence-corrected chi connectivity index (χ2v) is 24.2.